The summed E-state index contributed by atoms with van der Waals surface area (Å²) in [5, 5.41) is 1.09. The summed E-state index contributed by atoms with van der Waals surface area (Å²) in [5.74, 6) is 7.69. The van der Waals surface area contributed by atoms with E-state index < -0.39 is 10.0 Å². The highest BCUT2D eigenvalue weighted by molar-refractivity contribution is 7.89. The fourth-order valence-corrected chi connectivity index (χ4v) is 6.75. The van der Waals surface area contributed by atoms with Crippen LogP contribution in [0.4, 0.5) is 0 Å². The number of hydrogen-bond acceptors (Lipinski definition) is 5. The molecule has 0 bridgehead atoms. The largest absolute Gasteiger partial charge is 0.349 e. The number of nitrogens with two attached hydrogens (primary N) is 1. The van der Waals surface area contributed by atoms with Gasteiger partial charge in [-0.1, -0.05) is 30.3 Å². The molecule has 1 atom stereocenters. The maximum absolute atomic E-state index is 13.2. The number of nitrogens with one attached hydrogen (secondary N) is 1. The lowest BCUT2D eigenvalue weighted by Gasteiger charge is -2.31. The van der Waals surface area contributed by atoms with E-state index in [9.17, 15) is 8.42 Å². The molecule has 3 N–H and O–H groups in total. The maximum atomic E-state index is 13.2. The maximum Gasteiger partial charge on any atom is 0.281 e. The molecule has 3 aliphatic heterocycles. The number of H-pyrrole nitrogens is 1. The SMILES string of the molecule is Cc1cccc(S(=O)(=O)N2CCC(C3=C4C=NC=C[N+]4(N)C(c4cc5ccccc5[nH]4)=N3)CC2)c1. The summed E-state index contributed by atoms with van der Waals surface area (Å²) in [7, 11) is -3.53. The van der Waals surface area contributed by atoms with Gasteiger partial charge in [-0.3, -0.25) is 4.99 Å². The van der Waals surface area contributed by atoms with Crippen molar-refractivity contribution in [2.45, 2.75) is 24.7 Å². The van der Waals surface area contributed by atoms with Gasteiger partial charge in [0.05, 0.1) is 17.3 Å². The van der Waals surface area contributed by atoms with Crippen LogP contribution < -0.4 is 5.84 Å². The van der Waals surface area contributed by atoms with Crippen LogP contribution in [0.2, 0.25) is 0 Å². The zero-order chi connectivity index (χ0) is 24.2. The van der Waals surface area contributed by atoms with E-state index in [2.05, 4.69) is 22.1 Å². The molecular weight excluding hydrogens is 460 g/mol. The molecule has 0 spiro atoms. The standard InChI is InChI=1S/C26H27N6O2S/c1-18-5-4-7-21(15-18)35(33,34)31-12-9-19(10-13-31)25-24-17-28-11-14-32(24,27)26(30-25)23-16-20-6-2-3-8-22(20)29-23/h2-8,11,14-17,19,29H,9-10,12-13,27H2,1H3/q+1. The molecule has 1 unspecified atom stereocenters. The van der Waals surface area contributed by atoms with Crippen molar-refractivity contribution in [3.05, 3.63) is 89.6 Å². The van der Waals surface area contributed by atoms with Crippen LogP contribution in [0, 0.1) is 12.8 Å². The summed E-state index contributed by atoms with van der Waals surface area (Å²) in [4.78, 5) is 13.2. The van der Waals surface area contributed by atoms with Gasteiger partial charge in [-0.25, -0.2) is 8.42 Å². The lowest BCUT2D eigenvalue weighted by atomic mass is 9.93. The highest BCUT2D eigenvalue weighted by atomic mass is 32.2. The highest BCUT2D eigenvalue weighted by Crippen LogP contribution is 2.39. The first-order valence-corrected chi connectivity index (χ1v) is 13.2. The minimum atomic E-state index is -3.53. The second-order valence-corrected chi connectivity index (χ2v) is 11.3. The van der Waals surface area contributed by atoms with Gasteiger partial charge in [0.2, 0.25) is 15.7 Å². The number of hydrogen-bond donors (Lipinski definition) is 2. The third kappa shape index (κ3) is 3.59. The van der Waals surface area contributed by atoms with E-state index >= 15 is 0 Å². The summed E-state index contributed by atoms with van der Waals surface area (Å²) < 4.78 is 27.9. The number of nitrogens with zero attached hydrogens (tertiary/aromatic N) is 4. The molecule has 3 aliphatic rings. The van der Waals surface area contributed by atoms with Crippen molar-refractivity contribution in [3.8, 4) is 0 Å². The number of amidine groups is 1. The van der Waals surface area contributed by atoms with Crippen LogP contribution in [0.25, 0.3) is 10.9 Å². The number of aryl methyl sites for hydroxylation is 1. The first-order valence-electron chi connectivity index (χ1n) is 11.7. The third-order valence-corrected chi connectivity index (χ3v) is 8.96. The Bertz CT molecular complexity index is 1520. The van der Waals surface area contributed by atoms with Crippen LogP contribution in [0.15, 0.2) is 93.3 Å². The minimum absolute atomic E-state index is 0.0482. The molecule has 178 valence electrons. The molecule has 1 saturated heterocycles. The Morgan fingerprint density at radius 1 is 1.09 bits per heavy atom. The average Bonchev–Trinajstić information content (AvgIpc) is 3.42. The Morgan fingerprint density at radius 3 is 2.66 bits per heavy atom. The molecule has 0 aliphatic carbocycles. The number of fused-ring (bicyclic) bond motifs is 2. The molecule has 0 saturated carbocycles. The lowest BCUT2D eigenvalue weighted by Crippen LogP contribution is -2.53. The molecule has 1 aromatic heterocycles. The fraction of sp³-hybridized carbons (Fsp3) is 0.231. The van der Waals surface area contributed by atoms with Crippen LogP contribution >= 0.6 is 0 Å². The van der Waals surface area contributed by atoms with Gasteiger partial charge >= 0.3 is 0 Å². The monoisotopic (exact) mass is 487 g/mol. The number of aromatic nitrogens is 1. The van der Waals surface area contributed by atoms with E-state index in [4.69, 9.17) is 10.8 Å². The zero-order valence-corrected chi connectivity index (χ0v) is 20.2. The Hall–Kier alpha value is -3.37. The van der Waals surface area contributed by atoms with Gasteiger partial charge in [0.25, 0.3) is 5.84 Å². The number of allylic oxidation sites excluding steroid dienone is 2. The first-order chi connectivity index (χ1) is 16.9. The van der Waals surface area contributed by atoms with Gasteiger partial charge in [0.15, 0.2) is 0 Å². The Morgan fingerprint density at radius 2 is 1.89 bits per heavy atom. The number of piperidine rings is 1. The van der Waals surface area contributed by atoms with Gasteiger partial charge in [-0.2, -0.15) is 15.1 Å². The molecule has 4 heterocycles. The number of rotatable bonds is 4. The Labute approximate surface area is 204 Å². The number of quaternary nitrogens is 1. The van der Waals surface area contributed by atoms with Crippen molar-refractivity contribution in [2.75, 3.05) is 13.1 Å². The topological polar surface area (TPSA) is 104 Å². The van der Waals surface area contributed by atoms with E-state index in [1.807, 2.05) is 37.4 Å². The molecule has 35 heavy (non-hydrogen) atoms. The number of sulfonamides is 1. The molecule has 1 fully saturated rings. The fourth-order valence-electron chi connectivity index (χ4n) is 5.18. The first kappa shape index (κ1) is 22.1. The van der Waals surface area contributed by atoms with Crippen molar-refractivity contribution in [3.63, 3.8) is 0 Å². The summed E-state index contributed by atoms with van der Waals surface area (Å²) in [5.41, 5.74) is 4.54. The van der Waals surface area contributed by atoms with Crippen LogP contribution in [0.3, 0.4) is 0 Å². The molecular formula is C26H27N6O2S+. The highest BCUT2D eigenvalue weighted by Gasteiger charge is 2.47. The number of aromatic amines is 1. The predicted molar refractivity (Wildman–Crippen MR) is 137 cm³/mol. The normalized spacial score (nSPS) is 23.2. The molecule has 2 aromatic carbocycles. The van der Waals surface area contributed by atoms with Crippen molar-refractivity contribution >= 4 is 33.0 Å². The van der Waals surface area contributed by atoms with Gasteiger partial charge in [-0.05, 0) is 49.6 Å². The summed E-state index contributed by atoms with van der Waals surface area (Å²) >= 11 is 0. The second kappa shape index (κ2) is 8.10. The molecule has 6 rings (SSSR count). The smallest absolute Gasteiger partial charge is 0.281 e. The van der Waals surface area contributed by atoms with Gasteiger partial charge in [-0.15, -0.1) is 4.59 Å². The van der Waals surface area contributed by atoms with Crippen molar-refractivity contribution in [1.82, 2.24) is 9.29 Å². The predicted octanol–water partition coefficient (Wildman–Crippen LogP) is 3.80. The number of benzene rings is 2. The third-order valence-electron chi connectivity index (χ3n) is 7.06. The quantitative estimate of drug-likeness (QED) is 0.432. The summed E-state index contributed by atoms with van der Waals surface area (Å²) in [6.07, 6.45) is 6.66. The molecule has 3 aromatic rings. The van der Waals surface area contributed by atoms with E-state index in [1.165, 1.54) is 0 Å². The molecule has 9 heteroatoms. The van der Waals surface area contributed by atoms with E-state index in [0.29, 0.717) is 36.7 Å². The van der Waals surface area contributed by atoms with Crippen LogP contribution in [0.5, 0.6) is 0 Å². The van der Waals surface area contributed by atoms with Crippen molar-refractivity contribution in [2.24, 2.45) is 21.7 Å². The van der Waals surface area contributed by atoms with Crippen LogP contribution in [0.1, 0.15) is 24.1 Å². The summed E-state index contributed by atoms with van der Waals surface area (Å²) in [6.45, 7) is 2.78. The Balaban J connectivity index is 1.30. The number of aliphatic imine (C=N–C) groups is 2. The zero-order valence-electron chi connectivity index (χ0n) is 19.4. The van der Waals surface area contributed by atoms with E-state index in [1.54, 1.807) is 34.9 Å². The number of para-hydroxylation sites is 1. The van der Waals surface area contributed by atoms with Gasteiger partial charge in [0.1, 0.15) is 17.6 Å². The van der Waals surface area contributed by atoms with E-state index in [-0.39, 0.29) is 10.5 Å². The van der Waals surface area contributed by atoms with Crippen molar-refractivity contribution in [1.29, 1.82) is 0 Å². The lowest BCUT2D eigenvalue weighted by molar-refractivity contribution is -0.750. The van der Waals surface area contributed by atoms with Crippen LogP contribution in [-0.2, 0) is 10.0 Å². The molecule has 8 nitrogen and oxygen atoms in total. The second-order valence-electron chi connectivity index (χ2n) is 9.32. The summed E-state index contributed by atoms with van der Waals surface area (Å²) in [6, 6.07) is 17.2. The molecule has 0 amide bonds. The van der Waals surface area contributed by atoms with Crippen LogP contribution in [-0.4, -0.2) is 47.4 Å². The Kier molecular flexibility index (Phi) is 5.12. The van der Waals surface area contributed by atoms with Gasteiger partial charge < -0.3 is 4.98 Å². The molecule has 0 radical (unpaired) electrons. The van der Waals surface area contributed by atoms with Gasteiger partial charge in [0, 0.05) is 29.9 Å². The van der Waals surface area contributed by atoms with Crippen molar-refractivity contribution < 1.29 is 13.0 Å². The minimum Gasteiger partial charge on any atom is -0.349 e. The van der Waals surface area contributed by atoms with E-state index in [0.717, 1.165) is 33.6 Å². The average molecular weight is 488 g/mol.